The summed E-state index contributed by atoms with van der Waals surface area (Å²) in [6.07, 6.45) is 3.46. The lowest BCUT2D eigenvalue weighted by molar-refractivity contribution is -0.135. The number of carbonyl (C=O) groups is 2. The van der Waals surface area contributed by atoms with Crippen molar-refractivity contribution in [3.63, 3.8) is 0 Å². The Balaban J connectivity index is 2.55. The molecule has 0 fully saturated rings. The summed E-state index contributed by atoms with van der Waals surface area (Å²) in [5.74, 6) is -0.810. The van der Waals surface area contributed by atoms with Crippen molar-refractivity contribution in [1.82, 2.24) is 4.98 Å². The fourth-order valence-corrected chi connectivity index (χ4v) is 1.10. The first-order valence-corrected chi connectivity index (χ1v) is 5.45. The smallest absolute Gasteiger partial charge is 0.364 e. The van der Waals surface area contributed by atoms with E-state index >= 15 is 0 Å². The standard InChI is InChI=1S/C12H15NO4/c1-3-4-7-16-10-5-6-11(13-8-10)12(15)17-9(2)14/h5-6,8H,3-4,7H2,1-2H3. The van der Waals surface area contributed by atoms with E-state index in [1.165, 1.54) is 19.2 Å². The highest BCUT2D eigenvalue weighted by Gasteiger charge is 2.11. The summed E-state index contributed by atoms with van der Waals surface area (Å²) < 4.78 is 9.77. The van der Waals surface area contributed by atoms with E-state index in [1.54, 1.807) is 6.07 Å². The van der Waals surface area contributed by atoms with E-state index < -0.39 is 11.9 Å². The van der Waals surface area contributed by atoms with Gasteiger partial charge < -0.3 is 9.47 Å². The SMILES string of the molecule is CCCCOc1ccc(C(=O)OC(C)=O)nc1. The Morgan fingerprint density at radius 3 is 2.65 bits per heavy atom. The Morgan fingerprint density at radius 1 is 1.35 bits per heavy atom. The number of ether oxygens (including phenoxy) is 2. The molecule has 0 aliphatic rings. The van der Waals surface area contributed by atoms with E-state index in [1.807, 2.05) is 0 Å². The zero-order chi connectivity index (χ0) is 12.7. The van der Waals surface area contributed by atoms with E-state index in [2.05, 4.69) is 16.6 Å². The van der Waals surface area contributed by atoms with Crippen molar-refractivity contribution in [2.75, 3.05) is 6.61 Å². The van der Waals surface area contributed by atoms with Gasteiger partial charge in [0.25, 0.3) is 0 Å². The second kappa shape index (κ2) is 6.62. The number of unbranched alkanes of at least 4 members (excludes halogenated alkanes) is 1. The van der Waals surface area contributed by atoms with Crippen LogP contribution in [-0.2, 0) is 9.53 Å². The molecule has 0 aliphatic carbocycles. The van der Waals surface area contributed by atoms with Gasteiger partial charge >= 0.3 is 11.9 Å². The van der Waals surface area contributed by atoms with Crippen LogP contribution in [0.25, 0.3) is 0 Å². The molecule has 0 spiro atoms. The molecule has 0 N–H and O–H groups in total. The van der Waals surface area contributed by atoms with Crippen LogP contribution in [0.4, 0.5) is 0 Å². The van der Waals surface area contributed by atoms with Crippen LogP contribution in [0.3, 0.4) is 0 Å². The molecule has 1 rings (SSSR count). The fourth-order valence-electron chi connectivity index (χ4n) is 1.10. The largest absolute Gasteiger partial charge is 0.492 e. The quantitative estimate of drug-likeness (QED) is 0.445. The summed E-state index contributed by atoms with van der Waals surface area (Å²) in [5, 5.41) is 0. The first-order chi connectivity index (χ1) is 8.13. The van der Waals surface area contributed by atoms with E-state index in [0.29, 0.717) is 12.4 Å². The maximum absolute atomic E-state index is 11.3. The molecule has 1 aromatic heterocycles. The molecule has 0 unspecified atom stereocenters. The van der Waals surface area contributed by atoms with Crippen LogP contribution in [0, 0.1) is 0 Å². The summed E-state index contributed by atoms with van der Waals surface area (Å²) >= 11 is 0. The van der Waals surface area contributed by atoms with Crippen LogP contribution in [0.5, 0.6) is 5.75 Å². The van der Waals surface area contributed by atoms with Gasteiger partial charge in [-0.2, -0.15) is 0 Å². The van der Waals surface area contributed by atoms with Crippen molar-refractivity contribution in [2.24, 2.45) is 0 Å². The van der Waals surface area contributed by atoms with Gasteiger partial charge in [0.2, 0.25) is 0 Å². The number of pyridine rings is 1. The van der Waals surface area contributed by atoms with E-state index in [0.717, 1.165) is 12.8 Å². The minimum absolute atomic E-state index is 0.0861. The molecule has 5 heteroatoms. The second-order valence-corrected chi connectivity index (χ2v) is 3.46. The van der Waals surface area contributed by atoms with Crippen LogP contribution in [0.1, 0.15) is 37.2 Å². The van der Waals surface area contributed by atoms with Gasteiger partial charge in [0.1, 0.15) is 11.4 Å². The normalized spacial score (nSPS) is 9.76. The summed E-state index contributed by atoms with van der Waals surface area (Å²) in [4.78, 5) is 25.7. The van der Waals surface area contributed by atoms with Crippen molar-refractivity contribution in [3.8, 4) is 5.75 Å². The molecule has 1 heterocycles. The van der Waals surface area contributed by atoms with Crippen LogP contribution < -0.4 is 4.74 Å². The van der Waals surface area contributed by atoms with Gasteiger partial charge in [-0.05, 0) is 18.6 Å². The van der Waals surface area contributed by atoms with Gasteiger partial charge in [0.15, 0.2) is 0 Å². The molecule has 0 saturated heterocycles. The molecular formula is C12H15NO4. The van der Waals surface area contributed by atoms with Crippen molar-refractivity contribution < 1.29 is 19.1 Å². The minimum atomic E-state index is -0.752. The Labute approximate surface area is 99.8 Å². The average Bonchev–Trinajstić information content (AvgIpc) is 2.29. The molecule has 0 radical (unpaired) electrons. The summed E-state index contributed by atoms with van der Waals surface area (Å²) in [6.45, 7) is 3.86. The zero-order valence-electron chi connectivity index (χ0n) is 9.93. The molecule has 0 aromatic carbocycles. The van der Waals surface area contributed by atoms with Crippen molar-refractivity contribution in [3.05, 3.63) is 24.0 Å². The highest BCUT2D eigenvalue weighted by atomic mass is 16.6. The van der Waals surface area contributed by atoms with Gasteiger partial charge in [-0.25, -0.2) is 9.78 Å². The van der Waals surface area contributed by atoms with E-state index in [9.17, 15) is 9.59 Å². The van der Waals surface area contributed by atoms with E-state index in [4.69, 9.17) is 4.74 Å². The monoisotopic (exact) mass is 237 g/mol. The van der Waals surface area contributed by atoms with Gasteiger partial charge in [-0.1, -0.05) is 13.3 Å². The Bertz CT molecular complexity index is 386. The van der Waals surface area contributed by atoms with Crippen LogP contribution >= 0.6 is 0 Å². The third-order valence-corrected chi connectivity index (χ3v) is 1.95. The van der Waals surface area contributed by atoms with Crippen LogP contribution in [-0.4, -0.2) is 23.5 Å². The minimum Gasteiger partial charge on any atom is -0.492 e. The molecule has 0 atom stereocenters. The number of nitrogens with zero attached hydrogens (tertiary/aromatic N) is 1. The zero-order valence-corrected chi connectivity index (χ0v) is 9.93. The molecule has 0 amide bonds. The Kier molecular flexibility index (Phi) is 5.13. The molecular weight excluding hydrogens is 222 g/mol. The molecule has 92 valence electrons. The predicted octanol–water partition coefficient (Wildman–Crippen LogP) is 1.96. The maximum atomic E-state index is 11.3. The molecule has 5 nitrogen and oxygen atoms in total. The molecule has 17 heavy (non-hydrogen) atoms. The number of hydrogen-bond donors (Lipinski definition) is 0. The lowest BCUT2D eigenvalue weighted by Crippen LogP contribution is -2.10. The second-order valence-electron chi connectivity index (χ2n) is 3.46. The molecule has 0 saturated carbocycles. The Morgan fingerprint density at radius 2 is 2.12 bits per heavy atom. The number of aromatic nitrogens is 1. The van der Waals surface area contributed by atoms with Gasteiger partial charge in [-0.3, -0.25) is 4.79 Å². The number of esters is 2. The van der Waals surface area contributed by atoms with Crippen molar-refractivity contribution in [1.29, 1.82) is 0 Å². The summed E-state index contributed by atoms with van der Waals surface area (Å²) in [7, 11) is 0. The Hall–Kier alpha value is -1.91. The average molecular weight is 237 g/mol. The van der Waals surface area contributed by atoms with Crippen molar-refractivity contribution in [2.45, 2.75) is 26.7 Å². The third kappa shape index (κ3) is 4.63. The number of carbonyl (C=O) groups excluding carboxylic acids is 2. The van der Waals surface area contributed by atoms with Crippen molar-refractivity contribution >= 4 is 11.9 Å². The van der Waals surface area contributed by atoms with Gasteiger partial charge in [0.05, 0.1) is 12.8 Å². The van der Waals surface area contributed by atoms with Gasteiger partial charge in [0, 0.05) is 6.92 Å². The third-order valence-electron chi connectivity index (χ3n) is 1.95. The molecule has 1 aromatic rings. The molecule has 0 aliphatic heterocycles. The summed E-state index contributed by atoms with van der Waals surface area (Å²) in [6, 6.07) is 3.09. The first kappa shape index (κ1) is 13.2. The number of hydrogen-bond acceptors (Lipinski definition) is 5. The topological polar surface area (TPSA) is 65.5 Å². The fraction of sp³-hybridized carbons (Fsp3) is 0.417. The lowest BCUT2D eigenvalue weighted by atomic mass is 10.3. The lowest BCUT2D eigenvalue weighted by Gasteiger charge is -2.05. The number of rotatable bonds is 5. The van der Waals surface area contributed by atoms with Crippen LogP contribution in [0.2, 0.25) is 0 Å². The highest BCUT2D eigenvalue weighted by molar-refractivity contribution is 5.94. The van der Waals surface area contributed by atoms with Gasteiger partial charge in [-0.15, -0.1) is 0 Å². The molecule has 0 bridgehead atoms. The predicted molar refractivity (Wildman–Crippen MR) is 60.7 cm³/mol. The first-order valence-electron chi connectivity index (χ1n) is 5.45. The van der Waals surface area contributed by atoms with Crippen LogP contribution in [0.15, 0.2) is 18.3 Å². The highest BCUT2D eigenvalue weighted by Crippen LogP contribution is 2.10. The van der Waals surface area contributed by atoms with E-state index in [-0.39, 0.29) is 5.69 Å². The summed E-state index contributed by atoms with van der Waals surface area (Å²) in [5.41, 5.74) is 0.0861. The maximum Gasteiger partial charge on any atom is 0.364 e.